The van der Waals surface area contributed by atoms with Gasteiger partial charge in [0, 0.05) is 12.0 Å². The van der Waals surface area contributed by atoms with Crippen molar-refractivity contribution in [3.05, 3.63) is 65.6 Å². The van der Waals surface area contributed by atoms with E-state index in [4.69, 9.17) is 14.2 Å². The van der Waals surface area contributed by atoms with Gasteiger partial charge in [0.1, 0.15) is 5.82 Å². The maximum Gasteiger partial charge on any atom is 0.435 e. The molecule has 0 N–H and O–H groups in total. The van der Waals surface area contributed by atoms with E-state index in [0.29, 0.717) is 35.7 Å². The van der Waals surface area contributed by atoms with E-state index in [9.17, 15) is 17.6 Å². The second kappa shape index (κ2) is 8.58. The van der Waals surface area contributed by atoms with Gasteiger partial charge >= 0.3 is 6.18 Å². The fraction of sp³-hybridized carbons (Fsp3) is 0.318. The number of benzene rings is 2. The number of halogens is 4. The molecule has 2 aromatic carbocycles. The van der Waals surface area contributed by atoms with E-state index in [1.165, 1.54) is 30.0 Å². The Morgan fingerprint density at radius 3 is 2.65 bits per heavy atom. The Morgan fingerprint density at radius 1 is 1.13 bits per heavy atom. The molecule has 0 amide bonds. The van der Waals surface area contributed by atoms with Gasteiger partial charge in [-0.2, -0.15) is 18.3 Å². The maximum absolute atomic E-state index is 13.6. The third kappa shape index (κ3) is 4.82. The van der Waals surface area contributed by atoms with Crippen LogP contribution in [-0.2, 0) is 17.5 Å². The van der Waals surface area contributed by atoms with Crippen molar-refractivity contribution in [2.45, 2.75) is 31.9 Å². The fourth-order valence-corrected chi connectivity index (χ4v) is 3.43. The van der Waals surface area contributed by atoms with Crippen LogP contribution in [-0.4, -0.2) is 29.8 Å². The first-order valence-electron chi connectivity index (χ1n) is 9.69. The van der Waals surface area contributed by atoms with Crippen molar-refractivity contribution in [2.24, 2.45) is 0 Å². The molecule has 1 aromatic heterocycles. The number of rotatable bonds is 6. The molecular weight excluding hydrogens is 416 g/mol. The summed E-state index contributed by atoms with van der Waals surface area (Å²) in [5, 5.41) is 3.73. The summed E-state index contributed by atoms with van der Waals surface area (Å²) in [5.74, 6) is 0.324. The monoisotopic (exact) mass is 436 g/mol. The normalized spacial score (nSPS) is 16.5. The smallest absolute Gasteiger partial charge is 0.435 e. The van der Waals surface area contributed by atoms with Crippen molar-refractivity contribution < 1.29 is 31.8 Å². The topological polar surface area (TPSA) is 45.5 Å². The first-order chi connectivity index (χ1) is 14.8. The molecule has 164 valence electrons. The summed E-state index contributed by atoms with van der Waals surface area (Å²) in [5.41, 5.74) is 0.128. The molecule has 9 heteroatoms. The number of methoxy groups -OCH3 is 1. The molecule has 4 rings (SSSR count). The molecule has 1 saturated heterocycles. The number of nitrogens with zero attached hydrogens (tertiary/aromatic N) is 2. The Balaban J connectivity index is 1.74. The van der Waals surface area contributed by atoms with Gasteiger partial charge in [-0.25, -0.2) is 4.39 Å². The van der Waals surface area contributed by atoms with E-state index >= 15 is 0 Å². The molecule has 0 unspecified atom stereocenters. The molecule has 1 fully saturated rings. The minimum absolute atomic E-state index is 0.0306. The van der Waals surface area contributed by atoms with Crippen molar-refractivity contribution in [1.82, 2.24) is 9.78 Å². The first kappa shape index (κ1) is 21.2. The van der Waals surface area contributed by atoms with Crippen LogP contribution in [0.25, 0.3) is 11.3 Å². The summed E-state index contributed by atoms with van der Waals surface area (Å²) < 4.78 is 71.5. The van der Waals surface area contributed by atoms with Gasteiger partial charge in [0.15, 0.2) is 23.5 Å². The summed E-state index contributed by atoms with van der Waals surface area (Å²) in [4.78, 5) is 0. The highest BCUT2D eigenvalue weighted by Crippen LogP contribution is 2.37. The lowest BCUT2D eigenvalue weighted by atomic mass is 10.1. The zero-order valence-corrected chi connectivity index (χ0v) is 16.7. The molecule has 5 nitrogen and oxygen atoms in total. The number of alkyl halides is 3. The van der Waals surface area contributed by atoms with Gasteiger partial charge in [-0.15, -0.1) is 0 Å². The second-order valence-corrected chi connectivity index (χ2v) is 7.13. The average molecular weight is 436 g/mol. The van der Waals surface area contributed by atoms with Crippen LogP contribution in [0, 0.1) is 5.82 Å². The minimum Gasteiger partial charge on any atom is -0.493 e. The minimum atomic E-state index is -4.62. The highest BCUT2D eigenvalue weighted by molar-refractivity contribution is 5.65. The lowest BCUT2D eigenvalue weighted by Crippen LogP contribution is -2.14. The summed E-state index contributed by atoms with van der Waals surface area (Å²) >= 11 is 0. The van der Waals surface area contributed by atoms with Gasteiger partial charge in [-0.05, 0) is 48.4 Å². The third-order valence-electron chi connectivity index (χ3n) is 4.90. The van der Waals surface area contributed by atoms with E-state index in [2.05, 4.69) is 5.10 Å². The van der Waals surface area contributed by atoms with Crippen molar-refractivity contribution in [2.75, 3.05) is 13.7 Å². The van der Waals surface area contributed by atoms with E-state index in [1.807, 2.05) is 0 Å². The molecule has 0 aliphatic carbocycles. The summed E-state index contributed by atoms with van der Waals surface area (Å²) in [7, 11) is 1.48. The zero-order valence-electron chi connectivity index (χ0n) is 16.7. The van der Waals surface area contributed by atoms with Gasteiger partial charge in [-0.1, -0.05) is 12.1 Å². The van der Waals surface area contributed by atoms with Crippen LogP contribution in [0.2, 0.25) is 0 Å². The lowest BCUT2D eigenvalue weighted by Gasteiger charge is -2.17. The van der Waals surface area contributed by atoms with Crippen LogP contribution in [0.15, 0.2) is 48.5 Å². The number of aromatic nitrogens is 2. The second-order valence-electron chi connectivity index (χ2n) is 7.13. The van der Waals surface area contributed by atoms with Crippen molar-refractivity contribution >= 4 is 0 Å². The largest absolute Gasteiger partial charge is 0.493 e. The van der Waals surface area contributed by atoms with Crippen LogP contribution >= 0.6 is 0 Å². The van der Waals surface area contributed by atoms with E-state index in [0.717, 1.165) is 12.5 Å². The molecule has 1 aliphatic rings. The predicted molar refractivity (Wildman–Crippen MR) is 104 cm³/mol. The van der Waals surface area contributed by atoms with E-state index < -0.39 is 24.0 Å². The number of ether oxygens (including phenoxy) is 3. The van der Waals surface area contributed by atoms with E-state index in [1.54, 1.807) is 24.3 Å². The quantitative estimate of drug-likeness (QED) is 0.494. The highest BCUT2D eigenvalue weighted by atomic mass is 19.4. The first-order valence-corrected chi connectivity index (χ1v) is 9.69. The molecule has 1 atom stereocenters. The molecule has 31 heavy (non-hydrogen) atoms. The van der Waals surface area contributed by atoms with Crippen molar-refractivity contribution in [3.63, 3.8) is 0 Å². The Kier molecular flexibility index (Phi) is 5.86. The van der Waals surface area contributed by atoms with E-state index in [-0.39, 0.29) is 12.2 Å². The molecule has 0 spiro atoms. The fourth-order valence-electron chi connectivity index (χ4n) is 3.43. The van der Waals surface area contributed by atoms with Crippen LogP contribution in [0.4, 0.5) is 17.6 Å². The van der Waals surface area contributed by atoms with Crippen LogP contribution in [0.5, 0.6) is 11.5 Å². The predicted octanol–water partition coefficient (Wildman–Crippen LogP) is 5.28. The Morgan fingerprint density at radius 2 is 1.97 bits per heavy atom. The molecule has 0 saturated carbocycles. The standard InChI is InChI=1S/C22H20F4N2O3/c1-29-18-8-7-15(11-19(18)31-21-6-3-9-30-21)17-12-20(22(24,25)26)27-28(17)13-14-4-2-5-16(23)10-14/h2,4-5,7-8,10-12,21H,3,6,9,13H2,1H3/t21-/m0/s1. The zero-order chi connectivity index (χ0) is 22.0. The molecule has 0 bridgehead atoms. The van der Waals surface area contributed by atoms with Crippen molar-refractivity contribution in [3.8, 4) is 22.8 Å². The van der Waals surface area contributed by atoms with Crippen molar-refractivity contribution in [1.29, 1.82) is 0 Å². The molecule has 3 aromatic rings. The van der Waals surface area contributed by atoms with Crippen LogP contribution in [0.3, 0.4) is 0 Å². The Bertz CT molecular complexity index is 1060. The molecule has 1 aliphatic heterocycles. The third-order valence-corrected chi connectivity index (χ3v) is 4.90. The van der Waals surface area contributed by atoms with Gasteiger partial charge in [0.05, 0.1) is 26.0 Å². The Labute approximate surface area is 176 Å². The molecule has 0 radical (unpaired) electrons. The SMILES string of the molecule is COc1ccc(-c2cc(C(F)(F)F)nn2Cc2cccc(F)c2)cc1O[C@H]1CCCO1. The average Bonchev–Trinajstić information content (AvgIpc) is 3.38. The molecular formula is C22H20F4N2O3. The summed E-state index contributed by atoms with van der Waals surface area (Å²) in [6.45, 7) is 0.555. The summed E-state index contributed by atoms with van der Waals surface area (Å²) in [6.07, 6.45) is -3.48. The summed E-state index contributed by atoms with van der Waals surface area (Å²) in [6, 6.07) is 11.5. The number of hydrogen-bond donors (Lipinski definition) is 0. The van der Waals surface area contributed by atoms with Gasteiger partial charge in [0.2, 0.25) is 0 Å². The van der Waals surface area contributed by atoms with Crippen LogP contribution < -0.4 is 9.47 Å². The van der Waals surface area contributed by atoms with Gasteiger partial charge in [-0.3, -0.25) is 4.68 Å². The van der Waals surface area contributed by atoms with Gasteiger partial charge in [0.25, 0.3) is 0 Å². The van der Waals surface area contributed by atoms with Crippen LogP contribution in [0.1, 0.15) is 24.1 Å². The lowest BCUT2D eigenvalue weighted by molar-refractivity contribution is -0.141. The maximum atomic E-state index is 13.6. The Hall–Kier alpha value is -3.07. The number of hydrogen-bond acceptors (Lipinski definition) is 4. The molecule has 2 heterocycles. The highest BCUT2D eigenvalue weighted by Gasteiger charge is 2.35. The van der Waals surface area contributed by atoms with Gasteiger partial charge < -0.3 is 14.2 Å².